The monoisotopic (exact) mass is 225 g/mol. The van der Waals surface area contributed by atoms with Crippen LogP contribution < -0.4 is 5.32 Å². The van der Waals surface area contributed by atoms with Gasteiger partial charge in [0.2, 0.25) is 0 Å². The highest BCUT2D eigenvalue weighted by Gasteiger charge is 2.41. The zero-order valence-electron chi connectivity index (χ0n) is 8.92. The summed E-state index contributed by atoms with van der Waals surface area (Å²) in [5, 5.41) is 3.43. The lowest BCUT2D eigenvalue weighted by Crippen LogP contribution is -2.25. The summed E-state index contributed by atoms with van der Waals surface area (Å²) in [5.41, 5.74) is 1.15. The van der Waals surface area contributed by atoms with Crippen LogP contribution in [0.25, 0.3) is 0 Å². The molecule has 0 radical (unpaired) electrons. The van der Waals surface area contributed by atoms with Crippen molar-refractivity contribution in [1.29, 1.82) is 0 Å². The fraction of sp³-hybridized carbons (Fsp3) is 0.500. The maximum absolute atomic E-state index is 12.6. The van der Waals surface area contributed by atoms with Crippen molar-refractivity contribution in [3.8, 4) is 0 Å². The Morgan fingerprint density at radius 3 is 2.53 bits per heavy atom. The van der Waals surface area contributed by atoms with E-state index in [4.69, 9.17) is 0 Å². The predicted octanol–water partition coefficient (Wildman–Crippen LogP) is 2.81. The minimum absolute atomic E-state index is 0.165. The van der Waals surface area contributed by atoms with Crippen LogP contribution in [0.4, 0.5) is 4.39 Å². The summed E-state index contributed by atoms with van der Waals surface area (Å²) >= 11 is 1.95. The van der Waals surface area contributed by atoms with Crippen LogP contribution in [0, 0.1) is 5.82 Å². The predicted molar refractivity (Wildman–Crippen MR) is 63.6 cm³/mol. The number of hydrogen-bond acceptors (Lipinski definition) is 2. The van der Waals surface area contributed by atoms with Gasteiger partial charge in [-0.1, -0.05) is 12.1 Å². The number of halogens is 1. The maximum Gasteiger partial charge on any atom is 0.123 e. The Kier molecular flexibility index (Phi) is 3.32. The van der Waals surface area contributed by atoms with Gasteiger partial charge in [0, 0.05) is 17.8 Å². The summed E-state index contributed by atoms with van der Waals surface area (Å²) in [6.07, 6.45) is 4.82. The standard InChI is InChI=1S/C12H16FNS/c1-15-12(6-7-12)9-14-8-10-2-4-11(13)5-3-10/h2-5,14H,6-9H2,1H3. The average molecular weight is 225 g/mol. The molecule has 1 aromatic carbocycles. The molecule has 82 valence electrons. The zero-order valence-corrected chi connectivity index (χ0v) is 9.74. The van der Waals surface area contributed by atoms with Crippen molar-refractivity contribution in [2.24, 2.45) is 0 Å². The van der Waals surface area contributed by atoms with Crippen molar-refractivity contribution in [3.63, 3.8) is 0 Å². The second-order valence-corrected chi connectivity index (χ2v) is 5.39. The number of hydrogen-bond donors (Lipinski definition) is 1. The molecule has 15 heavy (non-hydrogen) atoms. The Morgan fingerprint density at radius 1 is 1.33 bits per heavy atom. The molecule has 0 heterocycles. The molecule has 1 aliphatic rings. The van der Waals surface area contributed by atoms with Gasteiger partial charge in [0.05, 0.1) is 0 Å². The van der Waals surface area contributed by atoms with Crippen LogP contribution in [0.3, 0.4) is 0 Å². The highest BCUT2D eigenvalue weighted by molar-refractivity contribution is 8.00. The summed E-state index contributed by atoms with van der Waals surface area (Å²) in [6.45, 7) is 1.90. The minimum Gasteiger partial charge on any atom is -0.311 e. The minimum atomic E-state index is -0.165. The first-order valence-corrected chi connectivity index (χ1v) is 6.47. The van der Waals surface area contributed by atoms with E-state index in [0.29, 0.717) is 4.75 Å². The Bertz CT molecular complexity index is 319. The van der Waals surface area contributed by atoms with Gasteiger partial charge in [0.15, 0.2) is 0 Å². The molecule has 0 bridgehead atoms. The van der Waals surface area contributed by atoms with Gasteiger partial charge in [0.25, 0.3) is 0 Å². The molecule has 0 atom stereocenters. The van der Waals surface area contributed by atoms with E-state index in [2.05, 4.69) is 11.6 Å². The van der Waals surface area contributed by atoms with Gasteiger partial charge in [-0.2, -0.15) is 11.8 Å². The quantitative estimate of drug-likeness (QED) is 0.827. The van der Waals surface area contributed by atoms with Crippen LogP contribution in [-0.4, -0.2) is 17.5 Å². The van der Waals surface area contributed by atoms with E-state index in [1.54, 1.807) is 0 Å². The van der Waals surface area contributed by atoms with Gasteiger partial charge >= 0.3 is 0 Å². The van der Waals surface area contributed by atoms with E-state index in [0.717, 1.165) is 18.7 Å². The second-order valence-electron chi connectivity index (χ2n) is 4.12. The van der Waals surface area contributed by atoms with Crippen LogP contribution in [0.5, 0.6) is 0 Å². The molecule has 2 rings (SSSR count). The van der Waals surface area contributed by atoms with E-state index in [9.17, 15) is 4.39 Å². The summed E-state index contributed by atoms with van der Waals surface area (Å²) in [5.74, 6) is -0.165. The second kappa shape index (κ2) is 4.54. The van der Waals surface area contributed by atoms with Crippen LogP contribution in [0.2, 0.25) is 0 Å². The molecule has 1 aromatic rings. The van der Waals surface area contributed by atoms with Gasteiger partial charge in [-0.15, -0.1) is 0 Å². The molecule has 1 aliphatic carbocycles. The number of rotatable bonds is 5. The Hall–Kier alpha value is -0.540. The molecular weight excluding hydrogens is 209 g/mol. The van der Waals surface area contributed by atoms with Gasteiger partial charge in [0.1, 0.15) is 5.82 Å². The first-order chi connectivity index (χ1) is 7.24. The van der Waals surface area contributed by atoms with Crippen molar-refractivity contribution in [3.05, 3.63) is 35.6 Å². The molecule has 1 saturated carbocycles. The summed E-state index contributed by atoms with van der Waals surface area (Å²) in [7, 11) is 0. The van der Waals surface area contributed by atoms with Gasteiger partial charge < -0.3 is 5.32 Å². The zero-order chi connectivity index (χ0) is 10.7. The van der Waals surface area contributed by atoms with Crippen molar-refractivity contribution in [2.45, 2.75) is 24.1 Å². The molecule has 0 unspecified atom stereocenters. The Morgan fingerprint density at radius 2 is 2.00 bits per heavy atom. The molecule has 0 saturated heterocycles. The third-order valence-corrected chi connectivity index (χ3v) is 4.35. The smallest absolute Gasteiger partial charge is 0.123 e. The molecule has 0 spiro atoms. The fourth-order valence-electron chi connectivity index (χ4n) is 1.63. The molecule has 0 aromatic heterocycles. The molecule has 1 N–H and O–H groups in total. The van der Waals surface area contributed by atoms with E-state index in [1.807, 2.05) is 23.9 Å². The van der Waals surface area contributed by atoms with Crippen molar-refractivity contribution >= 4 is 11.8 Å². The molecule has 3 heteroatoms. The normalized spacial score (nSPS) is 17.7. The van der Waals surface area contributed by atoms with E-state index < -0.39 is 0 Å². The van der Waals surface area contributed by atoms with Crippen molar-refractivity contribution in [1.82, 2.24) is 5.32 Å². The van der Waals surface area contributed by atoms with Gasteiger partial charge in [-0.3, -0.25) is 0 Å². The Balaban J connectivity index is 1.76. The van der Waals surface area contributed by atoms with Crippen LogP contribution in [0.1, 0.15) is 18.4 Å². The summed E-state index contributed by atoms with van der Waals surface area (Å²) in [4.78, 5) is 0. The van der Waals surface area contributed by atoms with E-state index in [-0.39, 0.29) is 5.82 Å². The van der Waals surface area contributed by atoms with Gasteiger partial charge in [-0.25, -0.2) is 4.39 Å². The fourth-order valence-corrected chi connectivity index (χ4v) is 2.39. The van der Waals surface area contributed by atoms with Gasteiger partial charge in [-0.05, 0) is 36.8 Å². The third-order valence-electron chi connectivity index (χ3n) is 2.93. The van der Waals surface area contributed by atoms with Crippen molar-refractivity contribution in [2.75, 3.05) is 12.8 Å². The SMILES string of the molecule is CSC1(CNCc2ccc(F)cc2)CC1. The van der Waals surface area contributed by atoms with Crippen LogP contribution >= 0.6 is 11.8 Å². The van der Waals surface area contributed by atoms with E-state index >= 15 is 0 Å². The third kappa shape index (κ3) is 2.95. The lowest BCUT2D eigenvalue weighted by Gasteiger charge is -2.12. The topological polar surface area (TPSA) is 12.0 Å². The van der Waals surface area contributed by atoms with Crippen molar-refractivity contribution < 1.29 is 4.39 Å². The number of benzene rings is 1. The van der Waals surface area contributed by atoms with Crippen LogP contribution in [-0.2, 0) is 6.54 Å². The molecule has 1 nitrogen and oxygen atoms in total. The first-order valence-electron chi connectivity index (χ1n) is 5.24. The largest absolute Gasteiger partial charge is 0.311 e. The molecule has 1 fully saturated rings. The van der Waals surface area contributed by atoms with E-state index in [1.165, 1.54) is 25.0 Å². The lowest BCUT2D eigenvalue weighted by molar-refractivity contribution is 0.623. The number of nitrogens with one attached hydrogen (secondary N) is 1. The molecule has 0 aliphatic heterocycles. The lowest BCUT2D eigenvalue weighted by atomic mass is 10.2. The maximum atomic E-state index is 12.6. The number of thioether (sulfide) groups is 1. The Labute approximate surface area is 94.5 Å². The molecule has 0 amide bonds. The highest BCUT2D eigenvalue weighted by atomic mass is 32.2. The summed E-state index contributed by atoms with van der Waals surface area (Å²) in [6, 6.07) is 6.69. The molecular formula is C12H16FNS. The first kappa shape index (κ1) is 11.0. The summed E-state index contributed by atoms with van der Waals surface area (Å²) < 4.78 is 13.1. The highest BCUT2D eigenvalue weighted by Crippen LogP contribution is 2.46. The average Bonchev–Trinajstić information content (AvgIpc) is 3.02. The van der Waals surface area contributed by atoms with Crippen LogP contribution in [0.15, 0.2) is 24.3 Å².